The van der Waals surface area contributed by atoms with Crippen LogP contribution in [0.25, 0.3) is 0 Å². The van der Waals surface area contributed by atoms with Gasteiger partial charge in [0.2, 0.25) is 0 Å². The molecule has 0 aliphatic rings. The number of hydrogen-bond donors (Lipinski definition) is 1. The van der Waals surface area contributed by atoms with Gasteiger partial charge in [-0.2, -0.15) is 11.3 Å². The highest BCUT2D eigenvalue weighted by atomic mass is 32.1. The number of hydrogen-bond acceptors (Lipinski definition) is 4. The first-order chi connectivity index (χ1) is 7.66. The van der Waals surface area contributed by atoms with E-state index in [1.807, 2.05) is 13.8 Å². The number of nitrogens with zero attached hydrogens (tertiary/aromatic N) is 2. The lowest BCUT2D eigenvalue weighted by atomic mass is 10.2. The van der Waals surface area contributed by atoms with E-state index < -0.39 is 0 Å². The molecule has 1 N–H and O–H groups in total. The zero-order chi connectivity index (χ0) is 11.5. The molecule has 0 aliphatic heterocycles. The molecule has 0 bridgehead atoms. The molecule has 0 aliphatic carbocycles. The Morgan fingerprint density at radius 3 is 2.62 bits per heavy atom. The molecule has 2 rings (SSSR count). The van der Waals surface area contributed by atoms with Gasteiger partial charge >= 0.3 is 0 Å². The fourth-order valence-electron chi connectivity index (χ4n) is 1.38. The van der Waals surface area contributed by atoms with Gasteiger partial charge in [-0.3, -0.25) is 4.98 Å². The minimum atomic E-state index is 0.812. The van der Waals surface area contributed by atoms with E-state index in [-0.39, 0.29) is 0 Å². The molecule has 16 heavy (non-hydrogen) atoms. The van der Waals surface area contributed by atoms with Gasteiger partial charge in [-0.15, -0.1) is 0 Å². The predicted molar refractivity (Wildman–Crippen MR) is 67.9 cm³/mol. The number of rotatable bonds is 3. The number of thiophene rings is 1. The Morgan fingerprint density at radius 2 is 2.00 bits per heavy atom. The van der Waals surface area contributed by atoms with Crippen LogP contribution < -0.4 is 5.32 Å². The van der Waals surface area contributed by atoms with Crippen molar-refractivity contribution in [2.45, 2.75) is 27.3 Å². The van der Waals surface area contributed by atoms with Crippen LogP contribution in [0.3, 0.4) is 0 Å². The van der Waals surface area contributed by atoms with Crippen molar-refractivity contribution in [1.82, 2.24) is 9.97 Å². The molecule has 84 valence electrons. The zero-order valence-corrected chi connectivity index (χ0v) is 10.6. The van der Waals surface area contributed by atoms with Gasteiger partial charge in [-0.05, 0) is 42.7 Å². The van der Waals surface area contributed by atoms with E-state index >= 15 is 0 Å². The molecule has 0 atom stereocenters. The van der Waals surface area contributed by atoms with Crippen molar-refractivity contribution in [3.8, 4) is 0 Å². The lowest BCUT2D eigenvalue weighted by molar-refractivity contribution is 1.01. The first-order valence-electron chi connectivity index (χ1n) is 5.22. The fraction of sp³-hybridized carbons (Fsp3) is 0.333. The molecule has 0 saturated heterocycles. The highest BCUT2D eigenvalue weighted by Crippen LogP contribution is 2.15. The van der Waals surface area contributed by atoms with Gasteiger partial charge in [-0.25, -0.2) is 4.98 Å². The Balaban J connectivity index is 2.05. The predicted octanol–water partition coefficient (Wildman–Crippen LogP) is 3.08. The highest BCUT2D eigenvalue weighted by molar-refractivity contribution is 7.08. The van der Waals surface area contributed by atoms with Crippen LogP contribution in [-0.2, 0) is 6.54 Å². The Bertz CT molecular complexity index is 491. The minimum absolute atomic E-state index is 0.812. The maximum Gasteiger partial charge on any atom is 0.145 e. The lowest BCUT2D eigenvalue weighted by Gasteiger charge is -2.06. The molecule has 0 unspecified atom stereocenters. The summed E-state index contributed by atoms with van der Waals surface area (Å²) in [5.41, 5.74) is 4.61. The van der Waals surface area contributed by atoms with Crippen molar-refractivity contribution >= 4 is 17.2 Å². The van der Waals surface area contributed by atoms with Crippen molar-refractivity contribution in [2.24, 2.45) is 0 Å². The van der Waals surface area contributed by atoms with Gasteiger partial charge in [0.05, 0.1) is 17.6 Å². The van der Waals surface area contributed by atoms with E-state index in [9.17, 15) is 0 Å². The SMILES string of the molecule is Cc1cscc1CNc1cnc(C)c(C)n1. The van der Waals surface area contributed by atoms with E-state index in [1.165, 1.54) is 11.1 Å². The molecule has 4 heteroatoms. The summed E-state index contributed by atoms with van der Waals surface area (Å²) < 4.78 is 0. The van der Waals surface area contributed by atoms with Crippen LogP contribution in [0.15, 0.2) is 17.0 Å². The summed E-state index contributed by atoms with van der Waals surface area (Å²) in [5, 5.41) is 7.61. The van der Waals surface area contributed by atoms with E-state index in [1.54, 1.807) is 17.5 Å². The van der Waals surface area contributed by atoms with Gasteiger partial charge in [0.1, 0.15) is 5.82 Å². The third-order valence-corrected chi connectivity index (χ3v) is 3.52. The largest absolute Gasteiger partial charge is 0.365 e. The average Bonchev–Trinajstić information content (AvgIpc) is 2.66. The van der Waals surface area contributed by atoms with Crippen LogP contribution in [0.2, 0.25) is 0 Å². The van der Waals surface area contributed by atoms with Crippen molar-refractivity contribution < 1.29 is 0 Å². The maximum absolute atomic E-state index is 4.43. The van der Waals surface area contributed by atoms with E-state index in [4.69, 9.17) is 0 Å². The fourth-order valence-corrected chi connectivity index (χ4v) is 2.24. The molecule has 0 spiro atoms. The van der Waals surface area contributed by atoms with Crippen LogP contribution in [0.4, 0.5) is 5.82 Å². The molecule has 3 nitrogen and oxygen atoms in total. The van der Waals surface area contributed by atoms with Crippen molar-refractivity contribution in [3.05, 3.63) is 39.5 Å². The van der Waals surface area contributed by atoms with Gasteiger partial charge < -0.3 is 5.32 Å². The molecular formula is C12H15N3S. The maximum atomic E-state index is 4.43. The molecule has 0 saturated carbocycles. The second kappa shape index (κ2) is 4.61. The minimum Gasteiger partial charge on any atom is -0.365 e. The standard InChI is InChI=1S/C12H15N3S/c1-8-6-16-7-11(8)4-14-12-5-13-9(2)10(3)15-12/h5-7H,4H2,1-3H3,(H,14,15). The van der Waals surface area contributed by atoms with Gasteiger partial charge in [0.15, 0.2) is 0 Å². The second-order valence-electron chi connectivity index (χ2n) is 3.86. The Hall–Kier alpha value is -1.42. The Morgan fingerprint density at radius 1 is 1.19 bits per heavy atom. The van der Waals surface area contributed by atoms with E-state index in [2.05, 4.69) is 33.0 Å². The Labute approximate surface area is 99.6 Å². The number of nitrogens with one attached hydrogen (secondary N) is 1. The van der Waals surface area contributed by atoms with Crippen LogP contribution in [-0.4, -0.2) is 9.97 Å². The summed E-state index contributed by atoms with van der Waals surface area (Å²) in [5.74, 6) is 0.841. The van der Waals surface area contributed by atoms with Gasteiger partial charge in [0.25, 0.3) is 0 Å². The third-order valence-electron chi connectivity index (χ3n) is 2.61. The molecule has 0 amide bonds. The highest BCUT2D eigenvalue weighted by Gasteiger charge is 2.01. The topological polar surface area (TPSA) is 37.8 Å². The summed E-state index contributed by atoms with van der Waals surface area (Å²) in [6, 6.07) is 0. The summed E-state index contributed by atoms with van der Waals surface area (Å²) in [6.45, 7) is 6.88. The van der Waals surface area contributed by atoms with E-state index in [0.717, 1.165) is 23.8 Å². The molecule has 2 heterocycles. The molecule has 2 aromatic heterocycles. The molecule has 2 aromatic rings. The number of anilines is 1. The first-order valence-corrected chi connectivity index (χ1v) is 6.17. The molecule has 0 fully saturated rings. The quantitative estimate of drug-likeness (QED) is 0.885. The molecule has 0 radical (unpaired) electrons. The van der Waals surface area contributed by atoms with E-state index in [0.29, 0.717) is 0 Å². The smallest absolute Gasteiger partial charge is 0.145 e. The van der Waals surface area contributed by atoms with Crippen molar-refractivity contribution in [1.29, 1.82) is 0 Å². The van der Waals surface area contributed by atoms with Crippen LogP contribution in [0.1, 0.15) is 22.5 Å². The monoisotopic (exact) mass is 233 g/mol. The van der Waals surface area contributed by atoms with Gasteiger partial charge in [-0.1, -0.05) is 0 Å². The third kappa shape index (κ3) is 2.39. The van der Waals surface area contributed by atoms with Gasteiger partial charge in [0, 0.05) is 6.54 Å². The molecule has 0 aromatic carbocycles. The number of aromatic nitrogens is 2. The lowest BCUT2D eigenvalue weighted by Crippen LogP contribution is -2.03. The first kappa shape index (κ1) is 11.1. The summed E-state index contributed by atoms with van der Waals surface area (Å²) in [4.78, 5) is 8.71. The summed E-state index contributed by atoms with van der Waals surface area (Å²) >= 11 is 1.73. The summed E-state index contributed by atoms with van der Waals surface area (Å²) in [7, 11) is 0. The second-order valence-corrected chi connectivity index (χ2v) is 4.60. The summed E-state index contributed by atoms with van der Waals surface area (Å²) in [6.07, 6.45) is 1.78. The average molecular weight is 233 g/mol. The van der Waals surface area contributed by atoms with Crippen molar-refractivity contribution in [3.63, 3.8) is 0 Å². The van der Waals surface area contributed by atoms with Crippen LogP contribution in [0.5, 0.6) is 0 Å². The molecular weight excluding hydrogens is 218 g/mol. The zero-order valence-electron chi connectivity index (χ0n) is 9.74. The van der Waals surface area contributed by atoms with Crippen LogP contribution in [0, 0.1) is 20.8 Å². The Kier molecular flexibility index (Phi) is 3.19. The van der Waals surface area contributed by atoms with Crippen LogP contribution >= 0.6 is 11.3 Å². The normalized spacial score (nSPS) is 10.4. The number of aryl methyl sites for hydroxylation is 3. The van der Waals surface area contributed by atoms with Crippen molar-refractivity contribution in [2.75, 3.05) is 5.32 Å².